The van der Waals surface area contributed by atoms with Gasteiger partial charge in [-0.1, -0.05) is 12.1 Å². The molecule has 1 aromatic carbocycles. The molecular weight excluding hydrogens is 231 g/mol. The van der Waals surface area contributed by atoms with Gasteiger partial charge < -0.3 is 5.32 Å². The van der Waals surface area contributed by atoms with Gasteiger partial charge in [0, 0.05) is 12.6 Å². The van der Waals surface area contributed by atoms with Gasteiger partial charge in [-0.2, -0.15) is 0 Å². The highest BCUT2D eigenvalue weighted by Gasteiger charge is 2.30. The van der Waals surface area contributed by atoms with Crippen LogP contribution < -0.4 is 10.6 Å². The Hall–Kier alpha value is -1.42. The second-order valence-corrected chi connectivity index (χ2v) is 5.05. The van der Waals surface area contributed by atoms with Crippen LogP contribution in [-0.4, -0.2) is 18.5 Å². The summed E-state index contributed by atoms with van der Waals surface area (Å²) in [5, 5.41) is 6.24. The standard InChI is InChI=1S/C14H17FN2O/c15-11-4-1-3-10-9(11)6-7-12(10)17-13-5-2-8-16-14(13)18/h1,3-4,12-13,17H,2,5-8H2,(H,16,18). The molecule has 3 rings (SSSR count). The molecule has 0 spiro atoms. The second-order valence-electron chi connectivity index (χ2n) is 5.05. The van der Waals surface area contributed by atoms with E-state index in [1.807, 2.05) is 6.07 Å². The van der Waals surface area contributed by atoms with Crippen molar-refractivity contribution in [1.29, 1.82) is 0 Å². The third kappa shape index (κ3) is 2.01. The van der Waals surface area contributed by atoms with E-state index in [2.05, 4.69) is 10.6 Å². The maximum absolute atomic E-state index is 13.6. The molecule has 0 saturated carbocycles. The maximum Gasteiger partial charge on any atom is 0.237 e. The van der Waals surface area contributed by atoms with E-state index < -0.39 is 0 Å². The summed E-state index contributed by atoms with van der Waals surface area (Å²) in [7, 11) is 0. The predicted octanol–water partition coefficient (Wildman–Crippen LogP) is 1.68. The number of rotatable bonds is 2. The molecule has 2 atom stereocenters. The maximum atomic E-state index is 13.6. The van der Waals surface area contributed by atoms with Crippen LogP contribution in [0.3, 0.4) is 0 Å². The number of benzene rings is 1. The van der Waals surface area contributed by atoms with Gasteiger partial charge in [0.25, 0.3) is 0 Å². The summed E-state index contributed by atoms with van der Waals surface area (Å²) in [6.07, 6.45) is 3.51. The number of halogens is 1. The Morgan fingerprint density at radius 2 is 2.17 bits per heavy atom. The van der Waals surface area contributed by atoms with Gasteiger partial charge in [-0.15, -0.1) is 0 Å². The second kappa shape index (κ2) is 4.69. The number of carbonyl (C=O) groups excluding carboxylic acids is 1. The summed E-state index contributed by atoms with van der Waals surface area (Å²) in [5.74, 6) is -0.0454. The lowest BCUT2D eigenvalue weighted by Crippen LogP contribution is -2.49. The number of fused-ring (bicyclic) bond motifs is 1. The molecule has 0 aromatic heterocycles. The van der Waals surface area contributed by atoms with Gasteiger partial charge in [0.1, 0.15) is 5.82 Å². The molecule has 4 heteroatoms. The van der Waals surface area contributed by atoms with Crippen LogP contribution in [0.15, 0.2) is 18.2 Å². The van der Waals surface area contributed by atoms with Crippen LogP contribution in [0.2, 0.25) is 0 Å². The molecule has 1 saturated heterocycles. The van der Waals surface area contributed by atoms with E-state index in [9.17, 15) is 9.18 Å². The van der Waals surface area contributed by atoms with E-state index >= 15 is 0 Å². The molecule has 1 aromatic rings. The minimum atomic E-state index is -0.127. The fourth-order valence-corrected chi connectivity index (χ4v) is 2.96. The fraction of sp³-hybridized carbons (Fsp3) is 0.500. The van der Waals surface area contributed by atoms with Crippen molar-refractivity contribution in [3.63, 3.8) is 0 Å². The Morgan fingerprint density at radius 1 is 1.28 bits per heavy atom. The molecule has 0 radical (unpaired) electrons. The molecular formula is C14H17FN2O. The first kappa shape index (κ1) is 11.7. The first-order valence-corrected chi connectivity index (χ1v) is 6.57. The van der Waals surface area contributed by atoms with Crippen LogP contribution in [-0.2, 0) is 11.2 Å². The van der Waals surface area contributed by atoms with Gasteiger partial charge in [0.05, 0.1) is 6.04 Å². The smallest absolute Gasteiger partial charge is 0.237 e. The molecule has 1 heterocycles. The molecule has 2 unspecified atom stereocenters. The zero-order valence-corrected chi connectivity index (χ0v) is 10.2. The number of nitrogens with one attached hydrogen (secondary N) is 2. The number of hydrogen-bond donors (Lipinski definition) is 2. The molecule has 2 N–H and O–H groups in total. The quantitative estimate of drug-likeness (QED) is 0.836. The Balaban J connectivity index is 1.76. The lowest BCUT2D eigenvalue weighted by atomic mass is 10.0. The topological polar surface area (TPSA) is 41.1 Å². The monoisotopic (exact) mass is 248 g/mol. The van der Waals surface area contributed by atoms with Crippen molar-refractivity contribution in [3.05, 3.63) is 35.1 Å². The Bertz CT molecular complexity index is 475. The molecule has 18 heavy (non-hydrogen) atoms. The van der Waals surface area contributed by atoms with Gasteiger partial charge in [-0.25, -0.2) is 4.39 Å². The van der Waals surface area contributed by atoms with Gasteiger partial charge in [-0.05, 0) is 42.9 Å². The van der Waals surface area contributed by atoms with E-state index in [0.717, 1.165) is 43.4 Å². The number of hydrogen-bond acceptors (Lipinski definition) is 2. The molecule has 1 fully saturated rings. The van der Waals surface area contributed by atoms with Crippen molar-refractivity contribution in [2.24, 2.45) is 0 Å². The van der Waals surface area contributed by atoms with E-state index in [4.69, 9.17) is 0 Å². The van der Waals surface area contributed by atoms with Crippen LogP contribution in [0.25, 0.3) is 0 Å². The molecule has 1 aliphatic carbocycles. The van der Waals surface area contributed by atoms with Gasteiger partial charge in [-0.3, -0.25) is 10.1 Å². The highest BCUT2D eigenvalue weighted by atomic mass is 19.1. The molecule has 3 nitrogen and oxygen atoms in total. The summed E-state index contributed by atoms with van der Waals surface area (Å²) in [4.78, 5) is 11.7. The first-order valence-electron chi connectivity index (χ1n) is 6.57. The molecule has 0 bridgehead atoms. The molecule has 2 aliphatic rings. The van der Waals surface area contributed by atoms with Crippen LogP contribution in [0.5, 0.6) is 0 Å². The van der Waals surface area contributed by atoms with Crippen molar-refractivity contribution < 1.29 is 9.18 Å². The van der Waals surface area contributed by atoms with Crippen LogP contribution >= 0.6 is 0 Å². The SMILES string of the molecule is O=C1NCCCC1NC1CCc2c(F)cccc21. The summed E-state index contributed by atoms with van der Waals surface area (Å²) in [6.45, 7) is 0.771. The van der Waals surface area contributed by atoms with Crippen LogP contribution in [0, 0.1) is 5.82 Å². The largest absolute Gasteiger partial charge is 0.355 e. The van der Waals surface area contributed by atoms with Crippen LogP contribution in [0.4, 0.5) is 4.39 Å². The molecule has 1 aliphatic heterocycles. The van der Waals surface area contributed by atoms with E-state index in [-0.39, 0.29) is 23.8 Å². The summed E-state index contributed by atoms with van der Waals surface area (Å²) < 4.78 is 13.6. The highest BCUT2D eigenvalue weighted by molar-refractivity contribution is 5.82. The van der Waals surface area contributed by atoms with Gasteiger partial charge >= 0.3 is 0 Å². The van der Waals surface area contributed by atoms with Crippen molar-refractivity contribution in [2.45, 2.75) is 37.8 Å². The van der Waals surface area contributed by atoms with Gasteiger partial charge in [0.15, 0.2) is 0 Å². The average molecular weight is 248 g/mol. The number of carbonyl (C=O) groups is 1. The minimum Gasteiger partial charge on any atom is -0.355 e. The molecule has 1 amide bonds. The highest BCUT2D eigenvalue weighted by Crippen LogP contribution is 2.33. The minimum absolute atomic E-state index is 0.0751. The predicted molar refractivity (Wildman–Crippen MR) is 66.6 cm³/mol. The van der Waals surface area contributed by atoms with Crippen molar-refractivity contribution in [1.82, 2.24) is 10.6 Å². The number of amides is 1. The Labute approximate surface area is 106 Å². The van der Waals surface area contributed by atoms with E-state index in [1.165, 1.54) is 6.07 Å². The van der Waals surface area contributed by atoms with E-state index in [1.54, 1.807) is 6.07 Å². The Kier molecular flexibility index (Phi) is 3.04. The van der Waals surface area contributed by atoms with Crippen molar-refractivity contribution >= 4 is 5.91 Å². The van der Waals surface area contributed by atoms with Crippen molar-refractivity contribution in [3.8, 4) is 0 Å². The third-order valence-electron chi connectivity index (χ3n) is 3.90. The average Bonchev–Trinajstić information content (AvgIpc) is 2.77. The summed E-state index contributed by atoms with van der Waals surface area (Å²) >= 11 is 0. The lowest BCUT2D eigenvalue weighted by Gasteiger charge is -2.26. The van der Waals surface area contributed by atoms with E-state index in [0.29, 0.717) is 0 Å². The third-order valence-corrected chi connectivity index (χ3v) is 3.90. The Morgan fingerprint density at radius 3 is 3.00 bits per heavy atom. The molecule has 96 valence electrons. The normalized spacial score (nSPS) is 26.8. The zero-order chi connectivity index (χ0) is 12.5. The zero-order valence-electron chi connectivity index (χ0n) is 10.2. The summed E-state index contributed by atoms with van der Waals surface area (Å²) in [5.41, 5.74) is 1.83. The summed E-state index contributed by atoms with van der Waals surface area (Å²) in [6, 6.07) is 5.20. The number of piperidine rings is 1. The van der Waals surface area contributed by atoms with Crippen molar-refractivity contribution in [2.75, 3.05) is 6.54 Å². The fourth-order valence-electron chi connectivity index (χ4n) is 2.96. The van der Waals surface area contributed by atoms with Crippen LogP contribution in [0.1, 0.15) is 36.4 Å². The first-order chi connectivity index (χ1) is 8.75. The van der Waals surface area contributed by atoms with Gasteiger partial charge in [0.2, 0.25) is 5.91 Å². The lowest BCUT2D eigenvalue weighted by molar-refractivity contribution is -0.124.